The summed E-state index contributed by atoms with van der Waals surface area (Å²) in [5, 5.41) is 3.26. The van der Waals surface area contributed by atoms with Crippen LogP contribution < -0.4 is 5.32 Å². The number of Topliss-reactive ketones (excluding diaryl/α,β-unsaturated/α-hetero) is 1. The topological polar surface area (TPSA) is 55.4 Å². The van der Waals surface area contributed by atoms with Gasteiger partial charge in [0.1, 0.15) is 11.7 Å². The summed E-state index contributed by atoms with van der Waals surface area (Å²) in [5.74, 6) is -0.898. The monoisotopic (exact) mass is 183 g/mol. The van der Waals surface area contributed by atoms with Gasteiger partial charge < -0.3 is 10.1 Å². The predicted molar refractivity (Wildman–Crippen MR) is 45.1 cm³/mol. The van der Waals surface area contributed by atoms with Crippen LogP contribution in [-0.2, 0) is 14.3 Å². The summed E-state index contributed by atoms with van der Waals surface area (Å²) in [6.07, 6.45) is 2.40. The maximum absolute atomic E-state index is 11.5. The number of piperidine rings is 1. The number of ether oxygens (including phenoxy) is 1. The number of hydrogen-bond acceptors (Lipinski definition) is 4. The van der Waals surface area contributed by atoms with Crippen molar-refractivity contribution in [2.45, 2.75) is 31.3 Å². The summed E-state index contributed by atoms with van der Waals surface area (Å²) in [4.78, 5) is 22.8. The van der Waals surface area contributed by atoms with Crippen LogP contribution in [0.25, 0.3) is 0 Å². The molecule has 0 aromatic heterocycles. The summed E-state index contributed by atoms with van der Waals surface area (Å²) in [5.41, 5.74) is 0. The van der Waals surface area contributed by atoms with E-state index in [1.165, 1.54) is 7.11 Å². The lowest BCUT2D eigenvalue weighted by atomic mass is 9.91. The van der Waals surface area contributed by atoms with Crippen LogP contribution >= 0.6 is 0 Å². The third-order valence-electron chi connectivity index (χ3n) is 2.93. The zero-order valence-electron chi connectivity index (χ0n) is 7.58. The molecule has 0 radical (unpaired) electrons. The molecule has 2 rings (SSSR count). The normalized spacial score (nSPS) is 37.6. The van der Waals surface area contributed by atoms with Gasteiger partial charge in [-0.3, -0.25) is 9.59 Å². The van der Waals surface area contributed by atoms with Crippen molar-refractivity contribution < 1.29 is 14.3 Å². The van der Waals surface area contributed by atoms with Crippen LogP contribution in [0.4, 0.5) is 0 Å². The molecular formula is C9H13NO3. The van der Waals surface area contributed by atoms with Crippen molar-refractivity contribution in [2.24, 2.45) is 5.92 Å². The molecule has 2 saturated heterocycles. The second-order valence-electron chi connectivity index (χ2n) is 3.72. The molecule has 2 heterocycles. The van der Waals surface area contributed by atoms with E-state index < -0.39 is 5.92 Å². The molecule has 13 heavy (non-hydrogen) atoms. The average Bonchev–Trinajstić information content (AvgIpc) is 2.48. The molecule has 4 nitrogen and oxygen atoms in total. The molecule has 72 valence electrons. The number of ketones is 1. The summed E-state index contributed by atoms with van der Waals surface area (Å²) in [6, 6.07) is 0.331. The van der Waals surface area contributed by atoms with E-state index >= 15 is 0 Å². The largest absolute Gasteiger partial charge is 0.468 e. The van der Waals surface area contributed by atoms with Crippen molar-refractivity contribution in [3.05, 3.63) is 0 Å². The van der Waals surface area contributed by atoms with Crippen LogP contribution in [0.15, 0.2) is 0 Å². The zero-order chi connectivity index (χ0) is 9.42. The highest BCUT2D eigenvalue weighted by Crippen LogP contribution is 2.29. The highest BCUT2D eigenvalue weighted by Gasteiger charge is 2.44. The summed E-state index contributed by atoms with van der Waals surface area (Å²) in [7, 11) is 1.33. The van der Waals surface area contributed by atoms with Gasteiger partial charge in [-0.2, -0.15) is 0 Å². The second-order valence-corrected chi connectivity index (χ2v) is 3.72. The van der Waals surface area contributed by atoms with Gasteiger partial charge in [-0.25, -0.2) is 0 Å². The molecule has 2 fully saturated rings. The Morgan fingerprint density at radius 3 is 3.00 bits per heavy atom. The Morgan fingerprint density at radius 2 is 2.31 bits per heavy atom. The molecule has 0 aromatic rings. The van der Waals surface area contributed by atoms with Crippen LogP contribution in [-0.4, -0.2) is 30.9 Å². The van der Waals surface area contributed by atoms with Gasteiger partial charge in [-0.15, -0.1) is 0 Å². The molecule has 4 heteroatoms. The van der Waals surface area contributed by atoms with Gasteiger partial charge >= 0.3 is 5.97 Å². The molecule has 0 aliphatic carbocycles. The van der Waals surface area contributed by atoms with Crippen LogP contribution in [0.5, 0.6) is 0 Å². The van der Waals surface area contributed by atoms with E-state index in [0.29, 0.717) is 12.5 Å². The number of carbonyl (C=O) groups excluding carboxylic acids is 2. The Kier molecular flexibility index (Phi) is 2.07. The number of carbonyl (C=O) groups is 2. The fourth-order valence-electron chi connectivity index (χ4n) is 2.29. The van der Waals surface area contributed by atoms with Gasteiger partial charge in [0.25, 0.3) is 0 Å². The smallest absolute Gasteiger partial charge is 0.317 e. The minimum atomic E-state index is -0.552. The third kappa shape index (κ3) is 1.35. The maximum atomic E-state index is 11.5. The van der Waals surface area contributed by atoms with Gasteiger partial charge in [0, 0.05) is 18.5 Å². The van der Waals surface area contributed by atoms with Crippen molar-refractivity contribution in [1.29, 1.82) is 0 Å². The SMILES string of the molecule is COC(=O)C1C(=O)CC2CCC1N2. The number of rotatable bonds is 1. The van der Waals surface area contributed by atoms with E-state index in [9.17, 15) is 9.59 Å². The molecule has 0 amide bonds. The van der Waals surface area contributed by atoms with Crippen LogP contribution in [0.1, 0.15) is 19.3 Å². The first-order chi connectivity index (χ1) is 6.22. The Hall–Kier alpha value is -0.900. The van der Waals surface area contributed by atoms with Crippen molar-refractivity contribution >= 4 is 11.8 Å². The molecule has 2 aliphatic heterocycles. The van der Waals surface area contributed by atoms with Crippen LogP contribution in [0, 0.1) is 5.92 Å². The van der Waals surface area contributed by atoms with E-state index in [1.807, 2.05) is 0 Å². The van der Waals surface area contributed by atoms with Gasteiger partial charge in [0.15, 0.2) is 0 Å². The van der Waals surface area contributed by atoms with Crippen LogP contribution in [0.3, 0.4) is 0 Å². The Labute approximate surface area is 76.6 Å². The van der Waals surface area contributed by atoms with Crippen molar-refractivity contribution in [3.63, 3.8) is 0 Å². The third-order valence-corrected chi connectivity index (χ3v) is 2.93. The van der Waals surface area contributed by atoms with Crippen molar-refractivity contribution in [2.75, 3.05) is 7.11 Å². The number of fused-ring (bicyclic) bond motifs is 2. The fraction of sp³-hybridized carbons (Fsp3) is 0.778. The quantitative estimate of drug-likeness (QED) is 0.454. The zero-order valence-corrected chi connectivity index (χ0v) is 7.58. The van der Waals surface area contributed by atoms with E-state index in [1.54, 1.807) is 0 Å². The van der Waals surface area contributed by atoms with Crippen LogP contribution in [0.2, 0.25) is 0 Å². The lowest BCUT2D eigenvalue weighted by molar-refractivity contribution is -0.151. The highest BCUT2D eigenvalue weighted by molar-refractivity contribution is 6.00. The summed E-state index contributed by atoms with van der Waals surface area (Å²) >= 11 is 0. The predicted octanol–water partition coefficient (Wildman–Crippen LogP) is -0.131. The van der Waals surface area contributed by atoms with Crippen molar-refractivity contribution in [1.82, 2.24) is 5.32 Å². The molecule has 0 spiro atoms. The number of hydrogen-bond donors (Lipinski definition) is 1. The second kappa shape index (κ2) is 3.10. The molecule has 2 aliphatic rings. The molecule has 0 saturated carbocycles. The molecule has 3 atom stereocenters. The Morgan fingerprint density at radius 1 is 1.54 bits per heavy atom. The summed E-state index contributed by atoms with van der Waals surface area (Å²) in [6.45, 7) is 0. The minimum Gasteiger partial charge on any atom is -0.468 e. The number of esters is 1. The number of methoxy groups -OCH3 is 1. The highest BCUT2D eigenvalue weighted by atomic mass is 16.5. The summed E-state index contributed by atoms with van der Waals surface area (Å²) < 4.78 is 4.61. The van der Waals surface area contributed by atoms with Gasteiger partial charge in [0.2, 0.25) is 0 Å². The lowest BCUT2D eigenvalue weighted by Gasteiger charge is -2.26. The van der Waals surface area contributed by atoms with E-state index in [2.05, 4.69) is 10.1 Å². The van der Waals surface area contributed by atoms with Crippen molar-refractivity contribution in [3.8, 4) is 0 Å². The van der Waals surface area contributed by atoms with E-state index in [4.69, 9.17) is 0 Å². The van der Waals surface area contributed by atoms with E-state index in [0.717, 1.165) is 12.8 Å². The number of nitrogens with one attached hydrogen (secondary N) is 1. The fourth-order valence-corrected chi connectivity index (χ4v) is 2.29. The maximum Gasteiger partial charge on any atom is 0.317 e. The van der Waals surface area contributed by atoms with Gasteiger partial charge in [0.05, 0.1) is 7.11 Å². The molecule has 0 aromatic carbocycles. The standard InChI is InChI=1S/C9H13NO3/c1-13-9(12)8-6-3-2-5(10-6)4-7(8)11/h5-6,8,10H,2-4H2,1H3. The lowest BCUT2D eigenvalue weighted by Crippen LogP contribution is -2.49. The molecule has 3 unspecified atom stereocenters. The molecular weight excluding hydrogens is 170 g/mol. The van der Waals surface area contributed by atoms with Gasteiger partial charge in [-0.1, -0.05) is 0 Å². The first-order valence-corrected chi connectivity index (χ1v) is 4.59. The Bertz CT molecular complexity index is 251. The van der Waals surface area contributed by atoms with Gasteiger partial charge in [-0.05, 0) is 12.8 Å². The first kappa shape index (κ1) is 8.69. The Balaban J connectivity index is 2.16. The van der Waals surface area contributed by atoms with E-state index in [-0.39, 0.29) is 17.8 Å². The average molecular weight is 183 g/mol. The first-order valence-electron chi connectivity index (χ1n) is 4.59. The molecule has 2 bridgehead atoms. The molecule has 1 N–H and O–H groups in total. The minimum absolute atomic E-state index is 0.0266.